The standard InChI is InChI=1S/C19H37NO2Si/c1-14(2)20(15(3)4)18(21)16-12-10-11-13-17(16)22-23(8,9)19(5,6)7/h14-15H,10-13H2,1-9H3. The molecule has 0 radical (unpaired) electrons. The molecule has 3 nitrogen and oxygen atoms in total. The maximum atomic E-state index is 13.1. The van der Waals surface area contributed by atoms with Gasteiger partial charge in [0.15, 0.2) is 0 Å². The zero-order chi connectivity index (χ0) is 18.0. The number of allylic oxidation sites excluding steroid dienone is 1. The lowest BCUT2D eigenvalue weighted by Crippen LogP contribution is -2.45. The summed E-state index contributed by atoms with van der Waals surface area (Å²) >= 11 is 0. The Morgan fingerprint density at radius 1 is 1.04 bits per heavy atom. The molecule has 0 spiro atoms. The van der Waals surface area contributed by atoms with Crippen LogP contribution in [0, 0.1) is 0 Å². The SMILES string of the molecule is CC(C)N(C(=O)C1=C(O[Si](C)(C)C(C)(C)C)CCCC1)C(C)C. The third-order valence-corrected chi connectivity index (χ3v) is 9.58. The highest BCUT2D eigenvalue weighted by atomic mass is 28.4. The largest absolute Gasteiger partial charge is 0.546 e. The van der Waals surface area contributed by atoms with Gasteiger partial charge in [0.05, 0.1) is 11.3 Å². The lowest BCUT2D eigenvalue weighted by molar-refractivity contribution is -0.131. The van der Waals surface area contributed by atoms with E-state index in [2.05, 4.69) is 61.6 Å². The molecule has 0 unspecified atom stereocenters. The smallest absolute Gasteiger partial charge is 0.253 e. The van der Waals surface area contributed by atoms with Crippen molar-refractivity contribution in [3.05, 3.63) is 11.3 Å². The maximum absolute atomic E-state index is 13.1. The van der Waals surface area contributed by atoms with Crippen LogP contribution < -0.4 is 0 Å². The molecule has 1 aliphatic carbocycles. The molecular formula is C19H37NO2Si. The summed E-state index contributed by atoms with van der Waals surface area (Å²) in [6.07, 6.45) is 4.00. The molecule has 0 aromatic heterocycles. The monoisotopic (exact) mass is 339 g/mol. The fourth-order valence-electron chi connectivity index (χ4n) is 2.90. The van der Waals surface area contributed by atoms with Crippen molar-refractivity contribution in [2.45, 2.75) is 104 Å². The predicted octanol–water partition coefficient (Wildman–Crippen LogP) is 5.48. The first kappa shape index (κ1) is 20.3. The highest BCUT2D eigenvalue weighted by Crippen LogP contribution is 2.40. The lowest BCUT2D eigenvalue weighted by Gasteiger charge is -2.39. The minimum atomic E-state index is -1.90. The third-order valence-electron chi connectivity index (χ3n) is 5.21. The highest BCUT2D eigenvalue weighted by molar-refractivity contribution is 6.74. The fourth-order valence-corrected chi connectivity index (χ4v) is 4.05. The van der Waals surface area contributed by atoms with Crippen LogP contribution in [-0.4, -0.2) is 31.2 Å². The third kappa shape index (κ3) is 4.85. The first-order chi connectivity index (χ1) is 10.4. The zero-order valence-corrected chi connectivity index (χ0v) is 17.7. The second-order valence-electron chi connectivity index (χ2n) is 8.87. The van der Waals surface area contributed by atoms with E-state index in [1.165, 1.54) is 0 Å². The molecule has 1 amide bonds. The second kappa shape index (κ2) is 7.41. The Labute approximate surface area is 144 Å². The van der Waals surface area contributed by atoms with Gasteiger partial charge in [-0.25, -0.2) is 0 Å². The zero-order valence-electron chi connectivity index (χ0n) is 16.7. The van der Waals surface area contributed by atoms with E-state index in [0.29, 0.717) is 0 Å². The Hall–Kier alpha value is -0.773. The van der Waals surface area contributed by atoms with Crippen LogP contribution in [0.2, 0.25) is 18.1 Å². The first-order valence-electron chi connectivity index (χ1n) is 9.12. The molecule has 0 saturated heterocycles. The van der Waals surface area contributed by atoms with Crippen molar-refractivity contribution in [2.75, 3.05) is 0 Å². The lowest BCUT2D eigenvalue weighted by atomic mass is 9.96. The molecular weight excluding hydrogens is 302 g/mol. The van der Waals surface area contributed by atoms with E-state index in [0.717, 1.165) is 37.0 Å². The number of amides is 1. The summed E-state index contributed by atoms with van der Waals surface area (Å²) in [5.74, 6) is 1.17. The van der Waals surface area contributed by atoms with Crippen molar-refractivity contribution >= 4 is 14.2 Å². The fraction of sp³-hybridized carbons (Fsp3) is 0.842. The van der Waals surface area contributed by atoms with E-state index in [9.17, 15) is 4.79 Å². The summed E-state index contributed by atoms with van der Waals surface area (Å²) in [5, 5.41) is 0.154. The van der Waals surface area contributed by atoms with Gasteiger partial charge in [-0.05, 0) is 65.1 Å². The van der Waals surface area contributed by atoms with Gasteiger partial charge in [0.2, 0.25) is 8.32 Å². The molecule has 0 fully saturated rings. The van der Waals surface area contributed by atoms with Gasteiger partial charge in [-0.15, -0.1) is 0 Å². The Balaban J connectivity index is 3.17. The molecule has 0 heterocycles. The maximum Gasteiger partial charge on any atom is 0.253 e. The van der Waals surface area contributed by atoms with Gasteiger partial charge in [-0.2, -0.15) is 0 Å². The van der Waals surface area contributed by atoms with Gasteiger partial charge in [-0.1, -0.05) is 20.8 Å². The van der Waals surface area contributed by atoms with E-state index in [-0.39, 0.29) is 23.0 Å². The Morgan fingerprint density at radius 2 is 1.52 bits per heavy atom. The molecule has 0 saturated carbocycles. The van der Waals surface area contributed by atoms with Gasteiger partial charge >= 0.3 is 0 Å². The molecule has 23 heavy (non-hydrogen) atoms. The molecule has 0 aliphatic heterocycles. The van der Waals surface area contributed by atoms with Gasteiger partial charge in [0.1, 0.15) is 0 Å². The molecule has 0 bridgehead atoms. The van der Waals surface area contributed by atoms with Gasteiger partial charge < -0.3 is 9.33 Å². The van der Waals surface area contributed by atoms with Gasteiger partial charge in [-0.3, -0.25) is 4.79 Å². The number of nitrogens with zero attached hydrogens (tertiary/aromatic N) is 1. The first-order valence-corrected chi connectivity index (χ1v) is 12.0. The van der Waals surface area contributed by atoms with Crippen molar-refractivity contribution in [3.63, 3.8) is 0 Å². The van der Waals surface area contributed by atoms with Crippen molar-refractivity contribution in [2.24, 2.45) is 0 Å². The molecule has 134 valence electrons. The van der Waals surface area contributed by atoms with Crippen LogP contribution in [0.25, 0.3) is 0 Å². The number of carbonyl (C=O) groups excluding carboxylic acids is 1. The molecule has 1 aliphatic rings. The molecule has 0 aromatic carbocycles. The van der Waals surface area contributed by atoms with Gasteiger partial charge in [0, 0.05) is 18.5 Å². The molecule has 4 heteroatoms. The van der Waals surface area contributed by atoms with E-state index in [1.54, 1.807) is 0 Å². The molecule has 0 N–H and O–H groups in total. The van der Waals surface area contributed by atoms with Crippen molar-refractivity contribution in [1.29, 1.82) is 0 Å². The van der Waals surface area contributed by atoms with Crippen LogP contribution >= 0.6 is 0 Å². The Bertz CT molecular complexity index is 450. The topological polar surface area (TPSA) is 29.5 Å². The molecule has 0 atom stereocenters. The van der Waals surface area contributed by atoms with Gasteiger partial charge in [0.25, 0.3) is 5.91 Å². The summed E-state index contributed by atoms with van der Waals surface area (Å²) in [5.41, 5.74) is 0.934. The van der Waals surface area contributed by atoms with E-state index < -0.39 is 8.32 Å². The van der Waals surface area contributed by atoms with Crippen LogP contribution in [-0.2, 0) is 9.22 Å². The summed E-state index contributed by atoms with van der Waals surface area (Å²) in [7, 11) is -1.90. The molecule has 1 rings (SSSR count). The second-order valence-corrected chi connectivity index (χ2v) is 13.6. The average Bonchev–Trinajstić information content (AvgIpc) is 2.36. The van der Waals surface area contributed by atoms with Crippen LogP contribution in [0.3, 0.4) is 0 Å². The van der Waals surface area contributed by atoms with E-state index in [1.807, 2.05) is 4.90 Å². The quantitative estimate of drug-likeness (QED) is 0.621. The summed E-state index contributed by atoms with van der Waals surface area (Å²) in [6.45, 7) is 19.6. The summed E-state index contributed by atoms with van der Waals surface area (Å²) < 4.78 is 6.56. The summed E-state index contributed by atoms with van der Waals surface area (Å²) in [4.78, 5) is 15.1. The Kier molecular flexibility index (Phi) is 6.53. The number of rotatable bonds is 5. The van der Waals surface area contributed by atoms with Crippen molar-refractivity contribution in [3.8, 4) is 0 Å². The van der Waals surface area contributed by atoms with Crippen LogP contribution in [0.1, 0.15) is 74.1 Å². The number of hydrogen-bond donors (Lipinski definition) is 0. The minimum Gasteiger partial charge on any atom is -0.546 e. The summed E-state index contributed by atoms with van der Waals surface area (Å²) in [6, 6.07) is 0.428. The van der Waals surface area contributed by atoms with Crippen molar-refractivity contribution in [1.82, 2.24) is 4.90 Å². The van der Waals surface area contributed by atoms with Crippen LogP contribution in [0.5, 0.6) is 0 Å². The normalized spacial score (nSPS) is 17.0. The minimum absolute atomic E-state index is 0.154. The highest BCUT2D eigenvalue weighted by Gasteiger charge is 2.40. The van der Waals surface area contributed by atoms with E-state index >= 15 is 0 Å². The van der Waals surface area contributed by atoms with Crippen molar-refractivity contribution < 1.29 is 9.22 Å². The number of hydrogen-bond acceptors (Lipinski definition) is 2. The predicted molar refractivity (Wildman–Crippen MR) is 101 cm³/mol. The van der Waals surface area contributed by atoms with Crippen LogP contribution in [0.15, 0.2) is 11.3 Å². The number of carbonyl (C=O) groups is 1. The van der Waals surface area contributed by atoms with Crippen LogP contribution in [0.4, 0.5) is 0 Å². The Morgan fingerprint density at radius 3 is 1.96 bits per heavy atom. The average molecular weight is 340 g/mol. The van der Waals surface area contributed by atoms with E-state index in [4.69, 9.17) is 4.43 Å². The molecule has 0 aromatic rings.